The van der Waals surface area contributed by atoms with Crippen LogP contribution in [-0.4, -0.2) is 15.3 Å². The molecule has 136 valence electrons. The molecule has 0 saturated carbocycles. The first-order chi connectivity index (χ1) is 12.1. The van der Waals surface area contributed by atoms with Crippen LogP contribution in [0.5, 0.6) is 0 Å². The van der Waals surface area contributed by atoms with E-state index in [1.807, 2.05) is 37.4 Å². The fraction of sp³-hybridized carbons (Fsp3) is 0.500. The number of unbranched alkanes of at least 4 members (excludes halogenated alkanes) is 5. The Hall–Kier alpha value is -2.30. The van der Waals surface area contributed by atoms with Gasteiger partial charge in [0.2, 0.25) is 5.91 Å². The molecule has 0 atom stereocenters. The molecule has 5 nitrogen and oxygen atoms in total. The third-order valence-electron chi connectivity index (χ3n) is 4.44. The number of aromatic nitrogens is 2. The van der Waals surface area contributed by atoms with Crippen molar-refractivity contribution in [2.75, 3.05) is 0 Å². The minimum atomic E-state index is -0.0890. The zero-order valence-electron chi connectivity index (χ0n) is 15.3. The van der Waals surface area contributed by atoms with Crippen LogP contribution in [0.4, 0.5) is 0 Å². The fourth-order valence-electron chi connectivity index (χ4n) is 2.95. The van der Waals surface area contributed by atoms with Crippen molar-refractivity contribution in [2.45, 2.75) is 58.4 Å². The van der Waals surface area contributed by atoms with Crippen molar-refractivity contribution in [1.82, 2.24) is 14.7 Å². The molecule has 0 aliphatic carbocycles. The molecule has 2 aromatic rings. The van der Waals surface area contributed by atoms with Crippen LogP contribution < -0.4 is 10.9 Å². The Morgan fingerprint density at radius 2 is 1.72 bits per heavy atom. The standard InChI is InChI=1S/C20H29N3O2/c1-3-4-5-6-7-11-14-19(24)21-16-18-15-20(25)23(22(18)2)17-12-9-8-10-13-17/h8-10,12-13,15H,3-7,11,14,16H2,1-2H3,(H,21,24). The van der Waals surface area contributed by atoms with Gasteiger partial charge in [0.05, 0.1) is 17.9 Å². The van der Waals surface area contributed by atoms with Crippen LogP contribution in [0.15, 0.2) is 41.2 Å². The van der Waals surface area contributed by atoms with Crippen LogP contribution in [0.25, 0.3) is 5.69 Å². The number of hydrogen-bond acceptors (Lipinski definition) is 2. The molecule has 5 heteroatoms. The summed E-state index contributed by atoms with van der Waals surface area (Å²) in [6, 6.07) is 11.1. The van der Waals surface area contributed by atoms with E-state index in [-0.39, 0.29) is 11.5 Å². The van der Waals surface area contributed by atoms with Crippen LogP contribution in [0.1, 0.15) is 57.6 Å². The van der Waals surface area contributed by atoms with E-state index in [0.717, 1.165) is 24.2 Å². The molecule has 2 rings (SSSR count). The molecule has 0 aliphatic heterocycles. The van der Waals surface area contributed by atoms with Gasteiger partial charge >= 0.3 is 0 Å². The number of para-hydroxylation sites is 1. The van der Waals surface area contributed by atoms with Gasteiger partial charge in [-0.05, 0) is 18.6 Å². The zero-order chi connectivity index (χ0) is 18.1. The summed E-state index contributed by atoms with van der Waals surface area (Å²) in [4.78, 5) is 24.2. The summed E-state index contributed by atoms with van der Waals surface area (Å²) in [6.45, 7) is 2.58. The second-order valence-electron chi connectivity index (χ2n) is 6.44. The van der Waals surface area contributed by atoms with Crippen LogP contribution in [0.2, 0.25) is 0 Å². The Balaban J connectivity index is 1.83. The number of nitrogens with one attached hydrogen (secondary N) is 1. The third kappa shape index (κ3) is 5.62. The monoisotopic (exact) mass is 343 g/mol. The molecule has 25 heavy (non-hydrogen) atoms. The van der Waals surface area contributed by atoms with Crippen molar-refractivity contribution in [2.24, 2.45) is 7.05 Å². The normalized spacial score (nSPS) is 10.8. The SMILES string of the molecule is CCCCCCCCC(=O)NCc1cc(=O)n(-c2ccccc2)n1C. The van der Waals surface area contributed by atoms with Gasteiger partial charge in [0, 0.05) is 19.5 Å². The second-order valence-corrected chi connectivity index (χ2v) is 6.44. The van der Waals surface area contributed by atoms with E-state index < -0.39 is 0 Å². The first kappa shape index (κ1) is 19.0. The van der Waals surface area contributed by atoms with Crippen molar-refractivity contribution >= 4 is 5.91 Å². The predicted molar refractivity (Wildman–Crippen MR) is 101 cm³/mol. The number of nitrogens with zero attached hydrogens (tertiary/aromatic N) is 2. The second kappa shape index (κ2) is 9.87. The van der Waals surface area contributed by atoms with E-state index in [4.69, 9.17) is 0 Å². The molecule has 0 bridgehead atoms. The first-order valence-electron chi connectivity index (χ1n) is 9.23. The van der Waals surface area contributed by atoms with Gasteiger partial charge in [0.25, 0.3) is 5.56 Å². The Labute approximate surface area is 149 Å². The number of rotatable bonds is 10. The number of hydrogen-bond donors (Lipinski definition) is 1. The maximum Gasteiger partial charge on any atom is 0.271 e. The molecule has 1 aromatic heterocycles. The van der Waals surface area contributed by atoms with Crippen LogP contribution in [-0.2, 0) is 18.4 Å². The van der Waals surface area contributed by atoms with Gasteiger partial charge in [0.1, 0.15) is 0 Å². The highest BCUT2D eigenvalue weighted by molar-refractivity contribution is 5.75. The van der Waals surface area contributed by atoms with Crippen molar-refractivity contribution in [3.05, 3.63) is 52.4 Å². The summed E-state index contributed by atoms with van der Waals surface area (Å²) in [7, 11) is 1.84. The van der Waals surface area contributed by atoms with Crippen molar-refractivity contribution in [3.8, 4) is 5.69 Å². The van der Waals surface area contributed by atoms with Crippen molar-refractivity contribution < 1.29 is 4.79 Å². The maximum absolute atomic E-state index is 12.2. The van der Waals surface area contributed by atoms with Crippen molar-refractivity contribution in [3.63, 3.8) is 0 Å². The highest BCUT2D eigenvalue weighted by Crippen LogP contribution is 2.08. The molecule has 0 unspecified atom stereocenters. The molecular formula is C20H29N3O2. The molecule has 0 spiro atoms. The Kier molecular flexibility index (Phi) is 7.51. The quantitative estimate of drug-likeness (QED) is 0.671. The molecule has 0 fully saturated rings. The van der Waals surface area contributed by atoms with E-state index in [2.05, 4.69) is 12.2 Å². The molecule has 0 saturated heterocycles. The summed E-state index contributed by atoms with van der Waals surface area (Å²) >= 11 is 0. The third-order valence-corrected chi connectivity index (χ3v) is 4.44. The van der Waals surface area contributed by atoms with Gasteiger partial charge in [-0.25, -0.2) is 4.68 Å². The average Bonchev–Trinajstić information content (AvgIpc) is 2.90. The van der Waals surface area contributed by atoms with Gasteiger partial charge in [-0.2, -0.15) is 0 Å². The van der Waals surface area contributed by atoms with Gasteiger partial charge in [0.15, 0.2) is 0 Å². The van der Waals surface area contributed by atoms with Crippen LogP contribution in [0, 0.1) is 0 Å². The minimum absolute atomic E-state index is 0.0513. The van der Waals surface area contributed by atoms with E-state index in [1.54, 1.807) is 15.4 Å². The lowest BCUT2D eigenvalue weighted by Gasteiger charge is -2.10. The van der Waals surface area contributed by atoms with Gasteiger partial charge in [-0.3, -0.25) is 14.3 Å². The van der Waals surface area contributed by atoms with Crippen LogP contribution in [0.3, 0.4) is 0 Å². The lowest BCUT2D eigenvalue weighted by atomic mass is 10.1. The van der Waals surface area contributed by atoms with Crippen LogP contribution >= 0.6 is 0 Å². The Morgan fingerprint density at radius 3 is 2.44 bits per heavy atom. The lowest BCUT2D eigenvalue weighted by molar-refractivity contribution is -0.121. The lowest BCUT2D eigenvalue weighted by Crippen LogP contribution is -2.24. The predicted octanol–water partition coefficient (Wildman–Crippen LogP) is 3.54. The summed E-state index contributed by atoms with van der Waals surface area (Å²) < 4.78 is 3.40. The topological polar surface area (TPSA) is 56.0 Å². The first-order valence-corrected chi connectivity index (χ1v) is 9.23. The largest absolute Gasteiger partial charge is 0.350 e. The highest BCUT2D eigenvalue weighted by Gasteiger charge is 2.10. The highest BCUT2D eigenvalue weighted by atomic mass is 16.1. The van der Waals surface area contributed by atoms with E-state index in [0.29, 0.717) is 13.0 Å². The Morgan fingerprint density at radius 1 is 1.04 bits per heavy atom. The Bertz CT molecular complexity index is 716. The molecular weight excluding hydrogens is 314 g/mol. The van der Waals surface area contributed by atoms with Gasteiger partial charge in [-0.1, -0.05) is 57.2 Å². The number of amides is 1. The maximum atomic E-state index is 12.2. The number of carbonyl (C=O) groups excluding carboxylic acids is 1. The smallest absolute Gasteiger partial charge is 0.271 e. The molecule has 1 heterocycles. The molecule has 1 N–H and O–H groups in total. The summed E-state index contributed by atoms with van der Waals surface area (Å²) in [5.74, 6) is 0.0513. The summed E-state index contributed by atoms with van der Waals surface area (Å²) in [6.07, 6.45) is 7.57. The number of carbonyl (C=O) groups is 1. The summed E-state index contributed by atoms with van der Waals surface area (Å²) in [5.41, 5.74) is 1.53. The number of benzene rings is 1. The molecule has 1 amide bonds. The summed E-state index contributed by atoms with van der Waals surface area (Å²) in [5, 5.41) is 2.92. The molecule has 1 aromatic carbocycles. The van der Waals surface area contributed by atoms with Crippen molar-refractivity contribution in [1.29, 1.82) is 0 Å². The fourth-order valence-corrected chi connectivity index (χ4v) is 2.95. The van der Waals surface area contributed by atoms with E-state index in [9.17, 15) is 9.59 Å². The van der Waals surface area contributed by atoms with E-state index in [1.165, 1.54) is 25.7 Å². The zero-order valence-corrected chi connectivity index (χ0v) is 15.3. The molecule has 0 radical (unpaired) electrons. The van der Waals surface area contributed by atoms with Gasteiger partial charge in [-0.15, -0.1) is 0 Å². The van der Waals surface area contributed by atoms with E-state index >= 15 is 0 Å². The van der Waals surface area contributed by atoms with Gasteiger partial charge < -0.3 is 5.32 Å². The average molecular weight is 343 g/mol. The molecule has 0 aliphatic rings. The minimum Gasteiger partial charge on any atom is -0.350 e.